The molecule has 2 aromatic rings. The number of para-hydroxylation sites is 2. The van der Waals surface area contributed by atoms with Gasteiger partial charge in [-0.05, 0) is 45.2 Å². The predicted molar refractivity (Wildman–Crippen MR) is 99.9 cm³/mol. The average molecular weight is 373 g/mol. The van der Waals surface area contributed by atoms with Crippen LogP contribution in [0.1, 0.15) is 50.2 Å². The Morgan fingerprint density at radius 3 is 2.78 bits per heavy atom. The zero-order chi connectivity index (χ0) is 19.1. The number of aryl methyl sites for hydroxylation is 1. The molecule has 146 valence electrons. The molecule has 27 heavy (non-hydrogen) atoms. The molecule has 1 fully saturated rings. The van der Waals surface area contributed by atoms with E-state index in [1.165, 1.54) is 0 Å². The molecule has 0 aliphatic carbocycles. The summed E-state index contributed by atoms with van der Waals surface area (Å²) in [5.41, 5.74) is 0. The summed E-state index contributed by atoms with van der Waals surface area (Å²) in [6.45, 7) is 6.26. The Labute approximate surface area is 159 Å². The van der Waals surface area contributed by atoms with Gasteiger partial charge in [-0.1, -0.05) is 17.3 Å². The number of carbonyl (C=O) groups excluding carboxylic acids is 1. The first-order valence-electron chi connectivity index (χ1n) is 9.60. The van der Waals surface area contributed by atoms with Crippen molar-refractivity contribution in [2.45, 2.75) is 45.4 Å². The van der Waals surface area contributed by atoms with Crippen LogP contribution in [0.2, 0.25) is 0 Å². The van der Waals surface area contributed by atoms with Crippen LogP contribution in [0.4, 0.5) is 0 Å². The van der Waals surface area contributed by atoms with E-state index >= 15 is 0 Å². The van der Waals surface area contributed by atoms with Crippen LogP contribution in [-0.4, -0.2) is 47.3 Å². The van der Waals surface area contributed by atoms with Crippen LogP contribution in [0.5, 0.6) is 11.5 Å². The van der Waals surface area contributed by atoms with Gasteiger partial charge in [0.2, 0.25) is 11.8 Å². The Morgan fingerprint density at radius 2 is 2.07 bits per heavy atom. The number of ether oxygens (including phenoxy) is 2. The molecule has 0 radical (unpaired) electrons. The zero-order valence-electron chi connectivity index (χ0n) is 16.0. The zero-order valence-corrected chi connectivity index (χ0v) is 16.0. The lowest BCUT2D eigenvalue weighted by atomic mass is 9.97. The van der Waals surface area contributed by atoms with Crippen LogP contribution in [0.3, 0.4) is 0 Å². The summed E-state index contributed by atoms with van der Waals surface area (Å²) in [6, 6.07) is 7.60. The minimum atomic E-state index is 0.137. The summed E-state index contributed by atoms with van der Waals surface area (Å²) in [5.74, 6) is 3.02. The normalized spacial score (nSPS) is 17.0. The second-order valence-corrected chi connectivity index (χ2v) is 6.69. The van der Waals surface area contributed by atoms with Crippen LogP contribution in [0, 0.1) is 6.92 Å². The molecule has 7 heteroatoms. The highest BCUT2D eigenvalue weighted by atomic mass is 16.5. The summed E-state index contributed by atoms with van der Waals surface area (Å²) in [5, 5.41) is 3.86. The molecule has 1 unspecified atom stereocenters. The lowest BCUT2D eigenvalue weighted by Gasteiger charge is -2.31. The largest absolute Gasteiger partial charge is 0.490 e. The standard InChI is InChI=1S/C20H27N3O4/c1-3-25-17-9-4-5-10-18(17)26-13-7-11-19(24)23-12-6-8-16(14-23)20-21-15(2)22-27-20/h4-5,9-10,16H,3,6-8,11-14H2,1-2H3. The van der Waals surface area contributed by atoms with Crippen molar-refractivity contribution in [1.82, 2.24) is 15.0 Å². The first kappa shape index (κ1) is 19.2. The smallest absolute Gasteiger partial charge is 0.231 e. The van der Waals surface area contributed by atoms with Crippen molar-refractivity contribution in [3.05, 3.63) is 36.0 Å². The monoisotopic (exact) mass is 373 g/mol. The molecule has 0 N–H and O–H groups in total. The van der Waals surface area contributed by atoms with E-state index in [1.807, 2.05) is 43.0 Å². The maximum absolute atomic E-state index is 12.5. The lowest BCUT2D eigenvalue weighted by molar-refractivity contribution is -0.132. The van der Waals surface area contributed by atoms with Crippen molar-refractivity contribution >= 4 is 5.91 Å². The molecule has 0 saturated carbocycles. The van der Waals surface area contributed by atoms with Crippen molar-refractivity contribution < 1.29 is 18.8 Å². The number of hydrogen-bond acceptors (Lipinski definition) is 6. The van der Waals surface area contributed by atoms with Crippen molar-refractivity contribution in [3.8, 4) is 11.5 Å². The molecule has 1 saturated heterocycles. The van der Waals surface area contributed by atoms with E-state index < -0.39 is 0 Å². The number of hydrogen-bond donors (Lipinski definition) is 0. The Kier molecular flexibility index (Phi) is 6.68. The maximum atomic E-state index is 12.5. The fourth-order valence-electron chi connectivity index (χ4n) is 3.29. The van der Waals surface area contributed by atoms with E-state index in [-0.39, 0.29) is 11.8 Å². The Balaban J connectivity index is 1.44. The van der Waals surface area contributed by atoms with Crippen LogP contribution in [0.25, 0.3) is 0 Å². The van der Waals surface area contributed by atoms with E-state index in [9.17, 15) is 4.79 Å². The number of piperidine rings is 1. The van der Waals surface area contributed by atoms with Crippen LogP contribution in [0.15, 0.2) is 28.8 Å². The number of rotatable bonds is 8. The second-order valence-electron chi connectivity index (χ2n) is 6.69. The predicted octanol–water partition coefficient (Wildman–Crippen LogP) is 3.34. The van der Waals surface area contributed by atoms with E-state index in [0.717, 1.165) is 30.9 Å². The van der Waals surface area contributed by atoms with Gasteiger partial charge in [-0.25, -0.2) is 0 Å². The van der Waals surface area contributed by atoms with Crippen molar-refractivity contribution in [3.63, 3.8) is 0 Å². The molecular formula is C20H27N3O4. The average Bonchev–Trinajstić information content (AvgIpc) is 3.13. The minimum absolute atomic E-state index is 0.137. The molecular weight excluding hydrogens is 346 g/mol. The molecule has 3 rings (SSSR count). The van der Waals surface area contributed by atoms with Gasteiger partial charge in [0, 0.05) is 19.5 Å². The lowest BCUT2D eigenvalue weighted by Crippen LogP contribution is -2.39. The van der Waals surface area contributed by atoms with Gasteiger partial charge in [0.05, 0.1) is 19.1 Å². The molecule has 7 nitrogen and oxygen atoms in total. The molecule has 1 amide bonds. The third-order valence-electron chi connectivity index (χ3n) is 4.61. The van der Waals surface area contributed by atoms with Crippen LogP contribution < -0.4 is 9.47 Å². The molecule has 0 bridgehead atoms. The topological polar surface area (TPSA) is 77.7 Å². The Hall–Kier alpha value is -2.57. The third kappa shape index (κ3) is 5.21. The maximum Gasteiger partial charge on any atom is 0.231 e. The van der Waals surface area contributed by atoms with Gasteiger partial charge in [-0.15, -0.1) is 0 Å². The van der Waals surface area contributed by atoms with Gasteiger partial charge in [0.15, 0.2) is 17.3 Å². The van der Waals surface area contributed by atoms with Gasteiger partial charge < -0.3 is 18.9 Å². The van der Waals surface area contributed by atoms with Crippen molar-refractivity contribution in [2.24, 2.45) is 0 Å². The van der Waals surface area contributed by atoms with Gasteiger partial charge in [0.25, 0.3) is 0 Å². The highest BCUT2D eigenvalue weighted by Crippen LogP contribution is 2.27. The summed E-state index contributed by atoms with van der Waals surface area (Å²) < 4.78 is 16.6. The van der Waals surface area contributed by atoms with Crippen LogP contribution in [-0.2, 0) is 4.79 Å². The quantitative estimate of drug-likeness (QED) is 0.661. The second kappa shape index (κ2) is 9.39. The van der Waals surface area contributed by atoms with E-state index in [2.05, 4.69) is 10.1 Å². The molecule has 1 aliphatic heterocycles. The summed E-state index contributed by atoms with van der Waals surface area (Å²) >= 11 is 0. The SMILES string of the molecule is CCOc1ccccc1OCCCC(=O)N1CCCC(c2nc(C)no2)C1. The van der Waals surface area contributed by atoms with Gasteiger partial charge in [0.1, 0.15) is 0 Å². The van der Waals surface area contributed by atoms with Gasteiger partial charge in [-0.3, -0.25) is 4.79 Å². The number of benzene rings is 1. The van der Waals surface area contributed by atoms with Crippen LogP contribution >= 0.6 is 0 Å². The molecule has 2 heterocycles. The van der Waals surface area contributed by atoms with E-state index in [0.29, 0.717) is 44.3 Å². The Morgan fingerprint density at radius 1 is 1.30 bits per heavy atom. The third-order valence-corrected chi connectivity index (χ3v) is 4.61. The van der Waals surface area contributed by atoms with Crippen molar-refractivity contribution in [1.29, 1.82) is 0 Å². The number of aromatic nitrogens is 2. The summed E-state index contributed by atoms with van der Waals surface area (Å²) in [4.78, 5) is 18.8. The van der Waals surface area contributed by atoms with Gasteiger partial charge >= 0.3 is 0 Å². The first-order chi connectivity index (χ1) is 13.2. The summed E-state index contributed by atoms with van der Waals surface area (Å²) in [7, 11) is 0. The molecule has 1 aromatic heterocycles. The number of carbonyl (C=O) groups is 1. The number of amides is 1. The minimum Gasteiger partial charge on any atom is -0.490 e. The van der Waals surface area contributed by atoms with Gasteiger partial charge in [-0.2, -0.15) is 4.98 Å². The molecule has 0 spiro atoms. The van der Waals surface area contributed by atoms with Crippen molar-refractivity contribution in [2.75, 3.05) is 26.3 Å². The Bertz CT molecular complexity index is 746. The molecule has 1 aromatic carbocycles. The first-order valence-corrected chi connectivity index (χ1v) is 9.60. The highest BCUT2D eigenvalue weighted by Gasteiger charge is 2.27. The fraction of sp³-hybridized carbons (Fsp3) is 0.550. The molecule has 1 aliphatic rings. The fourth-order valence-corrected chi connectivity index (χ4v) is 3.29. The van der Waals surface area contributed by atoms with E-state index in [4.69, 9.17) is 14.0 Å². The number of nitrogens with zero attached hydrogens (tertiary/aromatic N) is 3. The number of likely N-dealkylation sites (tertiary alicyclic amines) is 1. The highest BCUT2D eigenvalue weighted by molar-refractivity contribution is 5.76. The van der Waals surface area contributed by atoms with E-state index in [1.54, 1.807) is 0 Å². The molecule has 1 atom stereocenters. The summed E-state index contributed by atoms with van der Waals surface area (Å²) in [6.07, 6.45) is 3.06.